The van der Waals surface area contributed by atoms with E-state index in [0.29, 0.717) is 6.42 Å². The summed E-state index contributed by atoms with van der Waals surface area (Å²) in [7, 11) is 0. The maximum absolute atomic E-state index is 12.4. The molecule has 11 N–H and O–H groups in total. The first-order valence-corrected chi connectivity index (χ1v) is 8.38. The molecule has 0 radical (unpaired) electrons. The molecule has 3 amide bonds. The molecule has 27 heavy (non-hydrogen) atoms. The van der Waals surface area contributed by atoms with Crippen molar-refractivity contribution in [3.63, 3.8) is 0 Å². The monoisotopic (exact) mass is 387 g/mol. The Morgan fingerprint density at radius 3 is 2.00 bits per heavy atom. The van der Waals surface area contributed by atoms with Gasteiger partial charge < -0.3 is 38.7 Å². The molecule has 0 aromatic carbocycles. The van der Waals surface area contributed by atoms with Crippen molar-refractivity contribution < 1.29 is 24.3 Å². The maximum atomic E-state index is 12.4. The van der Waals surface area contributed by atoms with Crippen LogP contribution < -0.4 is 33.6 Å². The number of carboxylic acid groups (broad SMARTS) is 1. The second-order valence-electron chi connectivity index (χ2n) is 6.35. The van der Waals surface area contributed by atoms with Gasteiger partial charge in [-0.2, -0.15) is 0 Å². The number of nitrogens with one attached hydrogen (secondary N) is 2. The number of carbonyl (C=O) groups is 4. The van der Waals surface area contributed by atoms with E-state index in [-0.39, 0.29) is 24.8 Å². The number of hydrogen-bond acceptors (Lipinski definition) is 6. The molecule has 0 bridgehead atoms. The van der Waals surface area contributed by atoms with Crippen molar-refractivity contribution in [1.29, 1.82) is 0 Å². The number of nitrogens with two attached hydrogens (primary N) is 4. The second kappa shape index (κ2) is 11.7. The van der Waals surface area contributed by atoms with Crippen molar-refractivity contribution in [3.8, 4) is 0 Å². The third-order valence-electron chi connectivity index (χ3n) is 3.62. The first kappa shape index (κ1) is 24.1. The van der Waals surface area contributed by atoms with E-state index in [4.69, 9.17) is 22.9 Å². The van der Waals surface area contributed by atoms with Gasteiger partial charge in [0.15, 0.2) is 5.96 Å². The lowest BCUT2D eigenvalue weighted by molar-refractivity contribution is -0.142. The topological polar surface area (TPSA) is 229 Å². The Morgan fingerprint density at radius 2 is 1.56 bits per heavy atom. The highest BCUT2D eigenvalue weighted by molar-refractivity contribution is 5.94. The van der Waals surface area contributed by atoms with E-state index in [1.807, 2.05) is 0 Å². The zero-order chi connectivity index (χ0) is 21.1. The van der Waals surface area contributed by atoms with Crippen LogP contribution in [0.2, 0.25) is 0 Å². The number of hydrogen-bond donors (Lipinski definition) is 7. The number of guanidine groups is 1. The maximum Gasteiger partial charge on any atom is 0.326 e. The Hall–Kier alpha value is -2.89. The summed E-state index contributed by atoms with van der Waals surface area (Å²) in [5.74, 6) is -3.95. The summed E-state index contributed by atoms with van der Waals surface area (Å²) in [4.78, 5) is 50.7. The third kappa shape index (κ3) is 9.99. The van der Waals surface area contributed by atoms with Gasteiger partial charge in [0, 0.05) is 6.54 Å². The Labute approximate surface area is 157 Å². The highest BCUT2D eigenvalue weighted by Crippen LogP contribution is 2.03. The van der Waals surface area contributed by atoms with Crippen LogP contribution in [-0.2, 0) is 19.2 Å². The van der Waals surface area contributed by atoms with Gasteiger partial charge in [-0.15, -0.1) is 0 Å². The Kier molecular flexibility index (Phi) is 10.4. The number of aliphatic carboxylic acids is 1. The number of amides is 3. The molecular weight excluding hydrogens is 358 g/mol. The minimum absolute atomic E-state index is 0.0423. The van der Waals surface area contributed by atoms with Gasteiger partial charge in [0.1, 0.15) is 12.1 Å². The minimum Gasteiger partial charge on any atom is -0.480 e. The molecule has 12 nitrogen and oxygen atoms in total. The van der Waals surface area contributed by atoms with Gasteiger partial charge in [-0.1, -0.05) is 13.8 Å². The summed E-state index contributed by atoms with van der Waals surface area (Å²) in [5.41, 5.74) is 21.2. The van der Waals surface area contributed by atoms with Crippen LogP contribution in [0, 0.1) is 5.92 Å². The van der Waals surface area contributed by atoms with Crippen molar-refractivity contribution >= 4 is 29.7 Å². The molecule has 0 aromatic heterocycles. The third-order valence-corrected chi connectivity index (χ3v) is 3.62. The van der Waals surface area contributed by atoms with E-state index in [1.54, 1.807) is 13.8 Å². The molecule has 3 unspecified atom stereocenters. The van der Waals surface area contributed by atoms with Gasteiger partial charge in [-0.3, -0.25) is 19.4 Å². The molecule has 0 spiro atoms. The summed E-state index contributed by atoms with van der Waals surface area (Å²) in [6, 6.07) is -3.49. The van der Waals surface area contributed by atoms with Gasteiger partial charge >= 0.3 is 5.97 Å². The molecule has 0 aromatic rings. The van der Waals surface area contributed by atoms with Crippen LogP contribution >= 0.6 is 0 Å². The minimum atomic E-state index is -1.33. The number of rotatable bonds is 12. The van der Waals surface area contributed by atoms with Crippen molar-refractivity contribution in [2.45, 2.75) is 51.2 Å². The Bertz CT molecular complexity index is 575. The van der Waals surface area contributed by atoms with Crippen molar-refractivity contribution in [2.24, 2.45) is 33.8 Å². The molecule has 0 aliphatic heterocycles. The predicted molar refractivity (Wildman–Crippen MR) is 98.0 cm³/mol. The normalized spacial score (nSPS) is 13.9. The summed E-state index contributed by atoms with van der Waals surface area (Å²) in [5, 5.41) is 13.8. The molecule has 0 aliphatic carbocycles. The fraction of sp³-hybridized carbons (Fsp3) is 0.667. The molecule has 0 aliphatic rings. The molecule has 0 heterocycles. The van der Waals surface area contributed by atoms with Gasteiger partial charge in [-0.05, 0) is 18.8 Å². The number of carboxylic acids is 1. The lowest BCUT2D eigenvalue weighted by Gasteiger charge is -2.23. The predicted octanol–water partition coefficient (Wildman–Crippen LogP) is -3.05. The highest BCUT2D eigenvalue weighted by atomic mass is 16.4. The average Bonchev–Trinajstić information content (AvgIpc) is 2.54. The molecule has 0 saturated heterocycles. The second-order valence-corrected chi connectivity index (χ2v) is 6.35. The van der Waals surface area contributed by atoms with E-state index < -0.39 is 48.2 Å². The van der Waals surface area contributed by atoms with Crippen LogP contribution in [0.1, 0.15) is 33.1 Å². The van der Waals surface area contributed by atoms with E-state index >= 15 is 0 Å². The van der Waals surface area contributed by atoms with Crippen LogP contribution in [0.3, 0.4) is 0 Å². The molecule has 0 rings (SSSR count). The first-order valence-electron chi connectivity index (χ1n) is 8.38. The zero-order valence-electron chi connectivity index (χ0n) is 15.5. The van der Waals surface area contributed by atoms with Gasteiger partial charge in [0.2, 0.25) is 17.7 Å². The summed E-state index contributed by atoms with van der Waals surface area (Å²) >= 11 is 0. The molecular formula is C15H29N7O5. The van der Waals surface area contributed by atoms with Crippen LogP contribution in [-0.4, -0.2) is 59.4 Å². The molecule has 3 atom stereocenters. The van der Waals surface area contributed by atoms with Crippen LogP contribution in [0.15, 0.2) is 4.99 Å². The number of primary amides is 1. The van der Waals surface area contributed by atoms with Gasteiger partial charge in [0.25, 0.3) is 0 Å². The highest BCUT2D eigenvalue weighted by Gasteiger charge is 2.29. The van der Waals surface area contributed by atoms with Crippen LogP contribution in [0.5, 0.6) is 0 Å². The van der Waals surface area contributed by atoms with Gasteiger partial charge in [0.05, 0.1) is 12.5 Å². The van der Waals surface area contributed by atoms with E-state index in [1.165, 1.54) is 0 Å². The number of carbonyl (C=O) groups excluding carboxylic acids is 3. The van der Waals surface area contributed by atoms with E-state index in [9.17, 15) is 24.3 Å². The standard InChI is InChI=1S/C15H29N7O5/c1-7(2)11(17)13(25)22-9(6-10(16)23)12(24)21-8(14(26)27)4-3-5-20-15(18)19/h7-9,11H,3-6,17H2,1-2H3,(H2,16,23)(H,21,24)(H,22,25)(H,26,27)(H4,18,19,20). The fourth-order valence-corrected chi connectivity index (χ4v) is 2.01. The summed E-state index contributed by atoms with van der Waals surface area (Å²) < 4.78 is 0. The molecule has 12 heteroatoms. The largest absolute Gasteiger partial charge is 0.480 e. The zero-order valence-corrected chi connectivity index (χ0v) is 15.5. The van der Waals surface area contributed by atoms with E-state index in [2.05, 4.69) is 15.6 Å². The average molecular weight is 387 g/mol. The molecule has 154 valence electrons. The van der Waals surface area contributed by atoms with Crippen molar-refractivity contribution in [2.75, 3.05) is 6.54 Å². The van der Waals surface area contributed by atoms with Crippen molar-refractivity contribution in [1.82, 2.24) is 10.6 Å². The van der Waals surface area contributed by atoms with Gasteiger partial charge in [-0.25, -0.2) is 4.79 Å². The molecule has 0 saturated carbocycles. The van der Waals surface area contributed by atoms with Crippen molar-refractivity contribution in [3.05, 3.63) is 0 Å². The lowest BCUT2D eigenvalue weighted by atomic mass is 10.0. The number of aliphatic imine (C=N–C) groups is 1. The quantitative estimate of drug-likeness (QED) is 0.103. The van der Waals surface area contributed by atoms with E-state index in [0.717, 1.165) is 0 Å². The summed E-state index contributed by atoms with van der Waals surface area (Å²) in [6.07, 6.45) is -0.163. The Morgan fingerprint density at radius 1 is 1.00 bits per heavy atom. The summed E-state index contributed by atoms with van der Waals surface area (Å²) in [6.45, 7) is 3.61. The fourth-order valence-electron chi connectivity index (χ4n) is 2.01. The Balaban J connectivity index is 5.01. The lowest BCUT2D eigenvalue weighted by Crippen LogP contribution is -2.56. The van der Waals surface area contributed by atoms with Crippen LogP contribution in [0.25, 0.3) is 0 Å². The smallest absolute Gasteiger partial charge is 0.326 e. The molecule has 0 fully saturated rings. The number of nitrogens with zero attached hydrogens (tertiary/aromatic N) is 1. The SMILES string of the molecule is CC(C)C(N)C(=O)NC(CC(N)=O)C(=O)NC(CCCN=C(N)N)C(=O)O. The first-order chi connectivity index (χ1) is 12.5. The van der Waals surface area contributed by atoms with Crippen LogP contribution in [0.4, 0.5) is 0 Å².